The molecule has 3 fully saturated rings. The van der Waals surface area contributed by atoms with E-state index < -0.39 is 0 Å². The highest BCUT2D eigenvalue weighted by Gasteiger charge is 2.33. The summed E-state index contributed by atoms with van der Waals surface area (Å²) in [5.74, 6) is 0.571. The van der Waals surface area contributed by atoms with Crippen LogP contribution in [0.4, 0.5) is 10.3 Å². The molecule has 2 amide bonds. The number of benzene rings is 1. The number of carbonyl (C=O) groups is 2. The van der Waals surface area contributed by atoms with Gasteiger partial charge >= 0.3 is 0 Å². The standard InChI is InChI=1S/C23H30N6O2S/c30-20-7-4-10-29(20)23-25-24-22(32-23)28-11-8-19(9-12-28)21(31)27-15-13-26(14-16-27)17-18-5-2-1-3-6-18/h1-3,5-6,19H,4,7-17H2/p+1. The van der Waals surface area contributed by atoms with Crippen molar-refractivity contribution < 1.29 is 14.5 Å². The highest BCUT2D eigenvalue weighted by Crippen LogP contribution is 2.32. The van der Waals surface area contributed by atoms with E-state index in [-0.39, 0.29) is 11.8 Å². The molecule has 0 unspecified atom stereocenters. The molecule has 4 heterocycles. The molecule has 3 aliphatic heterocycles. The molecule has 1 aromatic carbocycles. The summed E-state index contributed by atoms with van der Waals surface area (Å²) in [5.41, 5.74) is 1.36. The van der Waals surface area contributed by atoms with Crippen LogP contribution in [0.3, 0.4) is 0 Å². The second kappa shape index (κ2) is 9.54. The minimum atomic E-state index is 0.106. The van der Waals surface area contributed by atoms with Crippen molar-refractivity contribution in [3.63, 3.8) is 0 Å². The lowest BCUT2D eigenvalue weighted by Crippen LogP contribution is -3.13. The fraction of sp³-hybridized carbons (Fsp3) is 0.565. The summed E-state index contributed by atoms with van der Waals surface area (Å²) in [6.45, 7) is 7.15. The minimum Gasteiger partial charge on any atom is -0.347 e. The van der Waals surface area contributed by atoms with Crippen molar-refractivity contribution in [2.45, 2.75) is 32.2 Å². The first-order valence-corrected chi connectivity index (χ1v) is 12.5. The van der Waals surface area contributed by atoms with Crippen LogP contribution in [0.5, 0.6) is 0 Å². The summed E-state index contributed by atoms with van der Waals surface area (Å²) in [7, 11) is 0. The summed E-state index contributed by atoms with van der Waals surface area (Å²) in [6, 6.07) is 10.6. The molecule has 2 aromatic rings. The van der Waals surface area contributed by atoms with E-state index in [1.165, 1.54) is 16.9 Å². The fourth-order valence-electron chi connectivity index (χ4n) is 4.98. The molecule has 0 spiro atoms. The van der Waals surface area contributed by atoms with Gasteiger partial charge in [-0.15, -0.1) is 10.2 Å². The number of quaternary nitrogens is 1. The molecule has 0 aliphatic carbocycles. The van der Waals surface area contributed by atoms with E-state index in [1.54, 1.807) is 9.80 Å². The van der Waals surface area contributed by atoms with Crippen LogP contribution >= 0.6 is 11.3 Å². The Kier molecular flexibility index (Phi) is 6.36. The monoisotopic (exact) mass is 455 g/mol. The number of piperazine rings is 1. The molecule has 170 valence electrons. The number of piperidine rings is 1. The van der Waals surface area contributed by atoms with Crippen LogP contribution in [0.25, 0.3) is 0 Å². The Bertz CT molecular complexity index is 935. The molecule has 1 aromatic heterocycles. The Morgan fingerprint density at radius 2 is 1.72 bits per heavy atom. The zero-order chi connectivity index (χ0) is 21.9. The minimum absolute atomic E-state index is 0.106. The Balaban J connectivity index is 1.09. The molecule has 3 aliphatic rings. The van der Waals surface area contributed by atoms with Crippen molar-refractivity contribution in [3.05, 3.63) is 35.9 Å². The Morgan fingerprint density at radius 3 is 2.41 bits per heavy atom. The molecular weight excluding hydrogens is 424 g/mol. The van der Waals surface area contributed by atoms with Crippen LogP contribution in [0.1, 0.15) is 31.2 Å². The first-order chi connectivity index (χ1) is 15.7. The maximum atomic E-state index is 13.1. The summed E-state index contributed by atoms with van der Waals surface area (Å²) >= 11 is 1.49. The van der Waals surface area contributed by atoms with Crippen LogP contribution < -0.4 is 14.7 Å². The van der Waals surface area contributed by atoms with Gasteiger partial charge in [-0.1, -0.05) is 41.7 Å². The maximum Gasteiger partial charge on any atom is 0.228 e. The zero-order valence-electron chi connectivity index (χ0n) is 18.4. The van der Waals surface area contributed by atoms with Crippen molar-refractivity contribution in [1.82, 2.24) is 15.1 Å². The topological polar surface area (TPSA) is 74.1 Å². The lowest BCUT2D eigenvalue weighted by atomic mass is 9.95. The molecule has 9 heteroatoms. The Labute approximate surface area is 192 Å². The van der Waals surface area contributed by atoms with Gasteiger partial charge in [-0.3, -0.25) is 14.5 Å². The third-order valence-electron chi connectivity index (χ3n) is 6.90. The van der Waals surface area contributed by atoms with Crippen molar-refractivity contribution >= 4 is 33.4 Å². The molecule has 0 saturated carbocycles. The average molecular weight is 456 g/mol. The van der Waals surface area contributed by atoms with Gasteiger partial charge in [0.1, 0.15) is 6.54 Å². The SMILES string of the molecule is O=C(C1CCN(c2nnc(N3CCCC3=O)s2)CC1)N1CC[NH+](Cc2ccccc2)CC1. The smallest absolute Gasteiger partial charge is 0.228 e. The molecule has 5 rings (SSSR count). The second-order valence-electron chi connectivity index (χ2n) is 9.02. The van der Waals surface area contributed by atoms with E-state index >= 15 is 0 Å². The van der Waals surface area contributed by atoms with E-state index in [0.29, 0.717) is 17.5 Å². The number of nitrogens with zero attached hydrogens (tertiary/aromatic N) is 5. The van der Waals surface area contributed by atoms with Crippen LogP contribution in [0, 0.1) is 5.92 Å². The van der Waals surface area contributed by atoms with Gasteiger partial charge in [0.25, 0.3) is 0 Å². The van der Waals surface area contributed by atoms with Crippen LogP contribution in [-0.2, 0) is 16.1 Å². The number of anilines is 2. The number of nitrogens with one attached hydrogen (secondary N) is 1. The van der Waals surface area contributed by atoms with Gasteiger partial charge in [0.15, 0.2) is 0 Å². The van der Waals surface area contributed by atoms with Gasteiger partial charge in [-0.2, -0.15) is 0 Å². The summed E-state index contributed by atoms with van der Waals surface area (Å²) < 4.78 is 0. The number of aromatic nitrogens is 2. The van der Waals surface area contributed by atoms with Crippen molar-refractivity contribution in [2.75, 3.05) is 55.6 Å². The van der Waals surface area contributed by atoms with Gasteiger partial charge in [0, 0.05) is 37.5 Å². The number of hydrogen-bond donors (Lipinski definition) is 1. The molecule has 3 saturated heterocycles. The van der Waals surface area contributed by atoms with Gasteiger partial charge in [-0.05, 0) is 19.3 Å². The normalized spacial score (nSPS) is 20.9. The van der Waals surface area contributed by atoms with Gasteiger partial charge < -0.3 is 14.7 Å². The summed E-state index contributed by atoms with van der Waals surface area (Å²) in [4.78, 5) is 32.6. The molecule has 0 radical (unpaired) electrons. The molecule has 0 bridgehead atoms. The molecule has 0 atom stereocenters. The average Bonchev–Trinajstić information content (AvgIpc) is 3.49. The van der Waals surface area contributed by atoms with Gasteiger partial charge in [0.05, 0.1) is 26.2 Å². The molecule has 1 N–H and O–H groups in total. The lowest BCUT2D eigenvalue weighted by molar-refractivity contribution is -0.917. The highest BCUT2D eigenvalue weighted by atomic mass is 32.1. The van der Waals surface area contributed by atoms with Crippen LogP contribution in [0.2, 0.25) is 0 Å². The Hall–Kier alpha value is -2.52. The maximum absolute atomic E-state index is 13.1. The first-order valence-electron chi connectivity index (χ1n) is 11.7. The number of hydrogen-bond acceptors (Lipinski definition) is 6. The third kappa shape index (κ3) is 4.63. The predicted molar refractivity (Wildman–Crippen MR) is 124 cm³/mol. The van der Waals surface area contributed by atoms with Crippen molar-refractivity contribution in [2.24, 2.45) is 5.92 Å². The highest BCUT2D eigenvalue weighted by molar-refractivity contribution is 7.19. The largest absolute Gasteiger partial charge is 0.347 e. The molecule has 8 nitrogen and oxygen atoms in total. The van der Waals surface area contributed by atoms with Crippen molar-refractivity contribution in [3.8, 4) is 0 Å². The summed E-state index contributed by atoms with van der Waals surface area (Å²) in [5, 5.41) is 10.1. The van der Waals surface area contributed by atoms with Crippen LogP contribution in [0.15, 0.2) is 30.3 Å². The van der Waals surface area contributed by atoms with Gasteiger partial charge in [-0.25, -0.2) is 0 Å². The summed E-state index contributed by atoms with van der Waals surface area (Å²) in [6.07, 6.45) is 3.20. The lowest BCUT2D eigenvalue weighted by Gasteiger charge is -2.37. The first kappa shape index (κ1) is 21.3. The van der Waals surface area contributed by atoms with Gasteiger partial charge in [0.2, 0.25) is 22.1 Å². The second-order valence-corrected chi connectivity index (χ2v) is 9.95. The molecular formula is C23H31N6O2S+. The van der Waals surface area contributed by atoms with Crippen LogP contribution in [-0.4, -0.2) is 72.7 Å². The van der Waals surface area contributed by atoms with E-state index in [4.69, 9.17) is 0 Å². The van der Waals surface area contributed by atoms with E-state index in [0.717, 1.165) is 76.8 Å². The van der Waals surface area contributed by atoms with E-state index in [2.05, 4.69) is 50.3 Å². The fourth-order valence-corrected chi connectivity index (χ4v) is 5.92. The van der Waals surface area contributed by atoms with E-state index in [9.17, 15) is 9.59 Å². The zero-order valence-corrected chi connectivity index (χ0v) is 19.2. The quantitative estimate of drug-likeness (QED) is 0.722. The predicted octanol–water partition coefficient (Wildman–Crippen LogP) is 0.809. The number of amides is 2. The number of carbonyl (C=O) groups excluding carboxylic acids is 2. The molecule has 32 heavy (non-hydrogen) atoms. The Morgan fingerprint density at radius 1 is 1.00 bits per heavy atom. The third-order valence-corrected chi connectivity index (χ3v) is 7.91. The number of rotatable bonds is 5. The van der Waals surface area contributed by atoms with E-state index in [1.807, 2.05) is 0 Å². The van der Waals surface area contributed by atoms with Crippen molar-refractivity contribution in [1.29, 1.82) is 0 Å².